The van der Waals surface area contributed by atoms with Gasteiger partial charge >= 0.3 is 0 Å². The van der Waals surface area contributed by atoms with E-state index in [0.717, 1.165) is 31.4 Å². The standard InChI is InChI=1S/C19H19N5O2/c25-19(15-7-11-21-12-8-15)24-13-1-2-16(24)3-4-17-22-18(26-23-17)14-5-9-20-10-6-14/h5-12,16H,1-4,13H2. The van der Waals surface area contributed by atoms with E-state index in [-0.39, 0.29) is 11.9 Å². The number of hydrogen-bond donors (Lipinski definition) is 0. The van der Waals surface area contributed by atoms with Crippen molar-refractivity contribution in [3.8, 4) is 11.5 Å². The molecule has 0 bridgehead atoms. The minimum Gasteiger partial charge on any atom is -0.336 e. The van der Waals surface area contributed by atoms with Crippen molar-refractivity contribution in [1.29, 1.82) is 0 Å². The molecule has 3 aromatic rings. The molecule has 4 rings (SSSR count). The molecule has 1 atom stereocenters. The molecule has 1 saturated heterocycles. The lowest BCUT2D eigenvalue weighted by molar-refractivity contribution is 0.0730. The van der Waals surface area contributed by atoms with Crippen LogP contribution in [0.2, 0.25) is 0 Å². The fraction of sp³-hybridized carbons (Fsp3) is 0.316. The van der Waals surface area contributed by atoms with Crippen molar-refractivity contribution >= 4 is 5.91 Å². The molecule has 1 aliphatic rings. The SMILES string of the molecule is O=C(c1ccncc1)N1CCCC1CCc1noc(-c2ccncc2)n1. The van der Waals surface area contributed by atoms with Crippen LogP contribution >= 0.6 is 0 Å². The first-order valence-corrected chi connectivity index (χ1v) is 8.75. The Bertz CT molecular complexity index is 866. The summed E-state index contributed by atoms with van der Waals surface area (Å²) < 4.78 is 5.33. The highest BCUT2D eigenvalue weighted by Gasteiger charge is 2.29. The van der Waals surface area contributed by atoms with Gasteiger partial charge in [-0.05, 0) is 43.5 Å². The van der Waals surface area contributed by atoms with E-state index >= 15 is 0 Å². The fourth-order valence-corrected chi connectivity index (χ4v) is 3.33. The van der Waals surface area contributed by atoms with E-state index in [1.54, 1.807) is 36.9 Å². The third-order valence-corrected chi connectivity index (χ3v) is 4.66. The van der Waals surface area contributed by atoms with Gasteiger partial charge in [-0.1, -0.05) is 5.16 Å². The first-order valence-electron chi connectivity index (χ1n) is 8.75. The molecule has 7 heteroatoms. The normalized spacial score (nSPS) is 16.8. The Morgan fingerprint density at radius 3 is 2.62 bits per heavy atom. The van der Waals surface area contributed by atoms with Crippen LogP contribution < -0.4 is 0 Å². The Balaban J connectivity index is 1.40. The van der Waals surface area contributed by atoms with Crippen LogP contribution in [0.25, 0.3) is 11.5 Å². The quantitative estimate of drug-likeness (QED) is 0.704. The number of carbonyl (C=O) groups is 1. The monoisotopic (exact) mass is 349 g/mol. The molecule has 1 amide bonds. The zero-order valence-corrected chi connectivity index (χ0v) is 14.3. The van der Waals surface area contributed by atoms with Crippen molar-refractivity contribution < 1.29 is 9.32 Å². The zero-order chi connectivity index (χ0) is 17.8. The van der Waals surface area contributed by atoms with Gasteiger partial charge in [-0.15, -0.1) is 0 Å². The largest absolute Gasteiger partial charge is 0.336 e. The number of nitrogens with zero attached hydrogens (tertiary/aromatic N) is 5. The first kappa shape index (κ1) is 16.4. The van der Waals surface area contributed by atoms with E-state index in [4.69, 9.17) is 4.52 Å². The first-order chi connectivity index (χ1) is 12.8. The van der Waals surface area contributed by atoms with Crippen molar-refractivity contribution in [1.82, 2.24) is 25.0 Å². The summed E-state index contributed by atoms with van der Waals surface area (Å²) in [4.78, 5) is 27.1. The highest BCUT2D eigenvalue weighted by molar-refractivity contribution is 5.94. The minimum absolute atomic E-state index is 0.0699. The second-order valence-electron chi connectivity index (χ2n) is 6.32. The van der Waals surface area contributed by atoms with E-state index in [9.17, 15) is 4.79 Å². The molecule has 1 aliphatic heterocycles. The fourth-order valence-electron chi connectivity index (χ4n) is 3.33. The molecule has 0 radical (unpaired) electrons. The molecular formula is C19H19N5O2. The number of amides is 1. The number of aromatic nitrogens is 4. The van der Waals surface area contributed by atoms with E-state index < -0.39 is 0 Å². The van der Waals surface area contributed by atoms with Crippen molar-refractivity contribution in [3.05, 3.63) is 60.4 Å². The molecule has 0 aliphatic carbocycles. The summed E-state index contributed by atoms with van der Waals surface area (Å²) in [6.07, 6.45) is 10.2. The summed E-state index contributed by atoms with van der Waals surface area (Å²) in [6, 6.07) is 7.40. The van der Waals surface area contributed by atoms with Gasteiger partial charge in [0.25, 0.3) is 11.8 Å². The molecule has 0 spiro atoms. The van der Waals surface area contributed by atoms with Crippen LogP contribution in [0.15, 0.2) is 53.6 Å². The summed E-state index contributed by atoms with van der Waals surface area (Å²) in [7, 11) is 0. The maximum atomic E-state index is 12.7. The van der Waals surface area contributed by atoms with Gasteiger partial charge in [-0.2, -0.15) is 4.98 Å². The van der Waals surface area contributed by atoms with Crippen molar-refractivity contribution in [2.75, 3.05) is 6.54 Å². The highest BCUT2D eigenvalue weighted by Crippen LogP contribution is 2.24. The zero-order valence-electron chi connectivity index (χ0n) is 14.3. The molecule has 4 heterocycles. The van der Waals surface area contributed by atoms with Crippen LogP contribution in [0.5, 0.6) is 0 Å². The lowest BCUT2D eigenvalue weighted by atomic mass is 10.1. The average Bonchev–Trinajstić information content (AvgIpc) is 3.36. The van der Waals surface area contributed by atoms with E-state index in [0.29, 0.717) is 23.7 Å². The predicted octanol–water partition coefficient (Wildman–Crippen LogP) is 2.76. The second kappa shape index (κ2) is 7.43. The molecule has 0 aromatic carbocycles. The van der Waals surface area contributed by atoms with Gasteiger partial charge in [0.1, 0.15) is 0 Å². The average molecular weight is 349 g/mol. The van der Waals surface area contributed by atoms with Crippen LogP contribution in [0, 0.1) is 0 Å². The molecule has 1 unspecified atom stereocenters. The van der Waals surface area contributed by atoms with Crippen molar-refractivity contribution in [2.24, 2.45) is 0 Å². The lowest BCUT2D eigenvalue weighted by Crippen LogP contribution is -2.35. The van der Waals surface area contributed by atoms with E-state index in [2.05, 4.69) is 20.1 Å². The Morgan fingerprint density at radius 2 is 1.85 bits per heavy atom. The van der Waals surface area contributed by atoms with Gasteiger partial charge in [0.15, 0.2) is 5.82 Å². The second-order valence-corrected chi connectivity index (χ2v) is 6.32. The topological polar surface area (TPSA) is 85.0 Å². The maximum absolute atomic E-state index is 12.7. The van der Waals surface area contributed by atoms with Crippen LogP contribution in [-0.4, -0.2) is 43.5 Å². The highest BCUT2D eigenvalue weighted by atomic mass is 16.5. The number of aryl methyl sites for hydroxylation is 1. The summed E-state index contributed by atoms with van der Waals surface area (Å²) >= 11 is 0. The predicted molar refractivity (Wildman–Crippen MR) is 94.1 cm³/mol. The van der Waals surface area contributed by atoms with Crippen molar-refractivity contribution in [2.45, 2.75) is 31.7 Å². The molecule has 26 heavy (non-hydrogen) atoms. The summed E-state index contributed by atoms with van der Waals surface area (Å²) in [5, 5.41) is 4.06. The van der Waals surface area contributed by atoms with Gasteiger partial charge in [-0.25, -0.2) is 0 Å². The molecule has 1 fully saturated rings. The number of carbonyl (C=O) groups excluding carboxylic acids is 1. The van der Waals surface area contributed by atoms with E-state index in [1.807, 2.05) is 17.0 Å². The Morgan fingerprint density at radius 1 is 1.12 bits per heavy atom. The summed E-state index contributed by atoms with van der Waals surface area (Å²) in [5.41, 5.74) is 1.54. The molecule has 132 valence electrons. The number of likely N-dealkylation sites (tertiary alicyclic amines) is 1. The summed E-state index contributed by atoms with van der Waals surface area (Å²) in [5.74, 6) is 1.24. The maximum Gasteiger partial charge on any atom is 0.258 e. The molecule has 0 N–H and O–H groups in total. The smallest absolute Gasteiger partial charge is 0.258 e. The van der Waals surface area contributed by atoms with Gasteiger partial charge in [0.2, 0.25) is 0 Å². The van der Waals surface area contributed by atoms with Gasteiger partial charge in [-0.3, -0.25) is 14.8 Å². The Labute approximate surface area is 151 Å². The number of hydrogen-bond acceptors (Lipinski definition) is 6. The third-order valence-electron chi connectivity index (χ3n) is 4.66. The van der Waals surface area contributed by atoms with Crippen LogP contribution in [0.3, 0.4) is 0 Å². The Kier molecular flexibility index (Phi) is 4.68. The van der Waals surface area contributed by atoms with Crippen LogP contribution in [-0.2, 0) is 6.42 Å². The molecular weight excluding hydrogens is 330 g/mol. The number of rotatable bonds is 5. The van der Waals surface area contributed by atoms with Crippen LogP contribution in [0.4, 0.5) is 0 Å². The third kappa shape index (κ3) is 3.46. The van der Waals surface area contributed by atoms with Crippen molar-refractivity contribution in [3.63, 3.8) is 0 Å². The molecule has 7 nitrogen and oxygen atoms in total. The van der Waals surface area contributed by atoms with Gasteiger partial charge < -0.3 is 9.42 Å². The van der Waals surface area contributed by atoms with E-state index in [1.165, 1.54) is 0 Å². The van der Waals surface area contributed by atoms with Gasteiger partial charge in [0.05, 0.1) is 0 Å². The molecule has 3 aromatic heterocycles. The van der Waals surface area contributed by atoms with Gasteiger partial charge in [0, 0.05) is 54.9 Å². The summed E-state index contributed by atoms with van der Waals surface area (Å²) in [6.45, 7) is 0.792. The lowest BCUT2D eigenvalue weighted by Gasteiger charge is -2.24. The number of pyridine rings is 2. The Hall–Kier alpha value is -3.09. The van der Waals surface area contributed by atoms with Crippen LogP contribution in [0.1, 0.15) is 35.4 Å². The minimum atomic E-state index is 0.0699. The molecule has 0 saturated carbocycles.